The predicted octanol–water partition coefficient (Wildman–Crippen LogP) is 2.93. The van der Waals surface area contributed by atoms with Gasteiger partial charge in [0.25, 0.3) is 0 Å². The van der Waals surface area contributed by atoms with E-state index < -0.39 is 6.04 Å². The van der Waals surface area contributed by atoms with E-state index in [4.69, 9.17) is 9.15 Å². The lowest BCUT2D eigenvalue weighted by Crippen LogP contribution is -2.28. The zero-order valence-electron chi connectivity index (χ0n) is 13.2. The summed E-state index contributed by atoms with van der Waals surface area (Å²) in [5, 5.41) is 12.0. The summed E-state index contributed by atoms with van der Waals surface area (Å²) in [6, 6.07) is 10.3. The molecule has 1 aromatic heterocycles. The third-order valence-electron chi connectivity index (χ3n) is 3.04. The van der Waals surface area contributed by atoms with Crippen LogP contribution >= 0.6 is 0 Å². The standard InChI is InChI=1S/C18H21NO4/c1-13(2)23-15-6-3-5-14(11-15)8-9-18(21)19-16(12-20)17-7-4-10-22-17/h3-11,13,16,20H,12H2,1-2H3,(H,19,21)/b9-8+. The molecule has 0 saturated heterocycles. The van der Waals surface area contributed by atoms with E-state index in [1.807, 2.05) is 38.1 Å². The van der Waals surface area contributed by atoms with Crippen molar-refractivity contribution >= 4 is 12.0 Å². The normalized spacial score (nSPS) is 12.5. The molecule has 1 amide bonds. The first kappa shape index (κ1) is 16.8. The van der Waals surface area contributed by atoms with E-state index in [2.05, 4.69) is 5.32 Å². The van der Waals surface area contributed by atoms with Gasteiger partial charge in [0.2, 0.25) is 5.91 Å². The molecule has 0 spiro atoms. The maximum atomic E-state index is 12.0. The number of aliphatic hydroxyl groups is 1. The number of carbonyl (C=O) groups is 1. The van der Waals surface area contributed by atoms with Crippen molar-refractivity contribution in [2.24, 2.45) is 0 Å². The fourth-order valence-electron chi connectivity index (χ4n) is 2.05. The molecule has 1 atom stereocenters. The summed E-state index contributed by atoms with van der Waals surface area (Å²) in [6.07, 6.45) is 4.70. The topological polar surface area (TPSA) is 71.7 Å². The second-order valence-corrected chi connectivity index (χ2v) is 5.33. The molecule has 0 saturated carbocycles. The Morgan fingerprint density at radius 3 is 2.83 bits per heavy atom. The van der Waals surface area contributed by atoms with Crippen molar-refractivity contribution in [1.29, 1.82) is 0 Å². The van der Waals surface area contributed by atoms with Crippen molar-refractivity contribution in [3.05, 3.63) is 60.1 Å². The number of hydrogen-bond donors (Lipinski definition) is 2. The zero-order valence-corrected chi connectivity index (χ0v) is 13.2. The van der Waals surface area contributed by atoms with Crippen LogP contribution in [0.5, 0.6) is 5.75 Å². The fourth-order valence-corrected chi connectivity index (χ4v) is 2.05. The molecular formula is C18H21NO4. The maximum absolute atomic E-state index is 12.0. The first-order valence-corrected chi connectivity index (χ1v) is 7.48. The molecule has 1 heterocycles. The molecule has 2 aromatic rings. The molecular weight excluding hydrogens is 294 g/mol. The average Bonchev–Trinajstić information content (AvgIpc) is 3.04. The van der Waals surface area contributed by atoms with Gasteiger partial charge < -0.3 is 19.6 Å². The Bertz CT molecular complexity index is 647. The second kappa shape index (κ2) is 8.19. The molecule has 1 aromatic carbocycles. The van der Waals surface area contributed by atoms with Gasteiger partial charge in [-0.05, 0) is 49.8 Å². The van der Waals surface area contributed by atoms with Crippen LogP contribution in [-0.4, -0.2) is 23.7 Å². The summed E-state index contributed by atoms with van der Waals surface area (Å²) >= 11 is 0. The lowest BCUT2D eigenvalue weighted by molar-refractivity contribution is -0.117. The van der Waals surface area contributed by atoms with Crippen LogP contribution in [0, 0.1) is 0 Å². The SMILES string of the molecule is CC(C)Oc1cccc(/C=C/C(=O)NC(CO)c2ccco2)c1. The van der Waals surface area contributed by atoms with E-state index >= 15 is 0 Å². The van der Waals surface area contributed by atoms with Gasteiger partial charge >= 0.3 is 0 Å². The van der Waals surface area contributed by atoms with Gasteiger partial charge in [0.05, 0.1) is 19.0 Å². The molecule has 23 heavy (non-hydrogen) atoms. The van der Waals surface area contributed by atoms with Crippen molar-refractivity contribution in [3.8, 4) is 5.75 Å². The molecule has 1 unspecified atom stereocenters. The van der Waals surface area contributed by atoms with Crippen LogP contribution in [-0.2, 0) is 4.79 Å². The van der Waals surface area contributed by atoms with E-state index in [1.165, 1.54) is 12.3 Å². The smallest absolute Gasteiger partial charge is 0.244 e. The summed E-state index contributed by atoms with van der Waals surface area (Å²) in [4.78, 5) is 12.0. The number of hydrogen-bond acceptors (Lipinski definition) is 4. The fraction of sp³-hybridized carbons (Fsp3) is 0.278. The van der Waals surface area contributed by atoms with Crippen LogP contribution in [0.3, 0.4) is 0 Å². The van der Waals surface area contributed by atoms with Gasteiger partial charge in [-0.1, -0.05) is 12.1 Å². The predicted molar refractivity (Wildman–Crippen MR) is 87.9 cm³/mol. The minimum atomic E-state index is -0.558. The van der Waals surface area contributed by atoms with E-state index in [-0.39, 0.29) is 18.6 Å². The molecule has 0 fully saturated rings. The quantitative estimate of drug-likeness (QED) is 0.771. The molecule has 0 bridgehead atoms. The molecule has 0 radical (unpaired) electrons. The van der Waals surface area contributed by atoms with Crippen molar-refractivity contribution in [1.82, 2.24) is 5.32 Å². The summed E-state index contributed by atoms with van der Waals surface area (Å²) < 4.78 is 10.8. The summed E-state index contributed by atoms with van der Waals surface area (Å²) in [6.45, 7) is 3.68. The zero-order chi connectivity index (χ0) is 16.7. The highest BCUT2D eigenvalue weighted by molar-refractivity contribution is 5.92. The summed E-state index contributed by atoms with van der Waals surface area (Å²) in [7, 11) is 0. The van der Waals surface area contributed by atoms with E-state index in [1.54, 1.807) is 18.2 Å². The van der Waals surface area contributed by atoms with Crippen LogP contribution in [0.15, 0.2) is 53.2 Å². The largest absolute Gasteiger partial charge is 0.491 e. The van der Waals surface area contributed by atoms with Crippen LogP contribution in [0.1, 0.15) is 31.2 Å². The van der Waals surface area contributed by atoms with Gasteiger partial charge in [-0.2, -0.15) is 0 Å². The highest BCUT2D eigenvalue weighted by Gasteiger charge is 2.14. The third kappa shape index (κ3) is 5.30. The van der Waals surface area contributed by atoms with Crippen molar-refractivity contribution < 1.29 is 19.1 Å². The number of nitrogens with one attached hydrogen (secondary N) is 1. The van der Waals surface area contributed by atoms with Gasteiger partial charge in [0, 0.05) is 6.08 Å². The van der Waals surface area contributed by atoms with E-state index in [0.29, 0.717) is 5.76 Å². The lowest BCUT2D eigenvalue weighted by Gasteiger charge is -2.12. The minimum Gasteiger partial charge on any atom is -0.491 e. The molecule has 2 rings (SSSR count). The minimum absolute atomic E-state index is 0.0936. The number of rotatable bonds is 7. The average molecular weight is 315 g/mol. The number of carbonyl (C=O) groups excluding carboxylic acids is 1. The van der Waals surface area contributed by atoms with Crippen LogP contribution in [0.4, 0.5) is 0 Å². The van der Waals surface area contributed by atoms with Crippen LogP contribution in [0.2, 0.25) is 0 Å². The van der Waals surface area contributed by atoms with Gasteiger partial charge in [0.1, 0.15) is 17.6 Å². The Morgan fingerprint density at radius 2 is 2.17 bits per heavy atom. The number of aliphatic hydroxyl groups excluding tert-OH is 1. The molecule has 5 nitrogen and oxygen atoms in total. The number of benzene rings is 1. The molecule has 122 valence electrons. The van der Waals surface area contributed by atoms with E-state index in [9.17, 15) is 9.90 Å². The monoisotopic (exact) mass is 315 g/mol. The second-order valence-electron chi connectivity index (χ2n) is 5.33. The molecule has 0 aliphatic heterocycles. The first-order chi connectivity index (χ1) is 11.1. The van der Waals surface area contributed by atoms with Gasteiger partial charge in [-0.15, -0.1) is 0 Å². The van der Waals surface area contributed by atoms with E-state index in [0.717, 1.165) is 11.3 Å². The highest BCUT2D eigenvalue weighted by Crippen LogP contribution is 2.16. The van der Waals surface area contributed by atoms with Gasteiger partial charge in [-0.25, -0.2) is 0 Å². The lowest BCUT2D eigenvalue weighted by atomic mass is 10.2. The van der Waals surface area contributed by atoms with Gasteiger partial charge in [-0.3, -0.25) is 4.79 Å². The van der Waals surface area contributed by atoms with Crippen molar-refractivity contribution in [2.45, 2.75) is 26.0 Å². The Balaban J connectivity index is 1.98. The molecule has 0 aliphatic carbocycles. The van der Waals surface area contributed by atoms with Crippen LogP contribution < -0.4 is 10.1 Å². The number of furan rings is 1. The molecule has 5 heteroatoms. The maximum Gasteiger partial charge on any atom is 0.244 e. The Morgan fingerprint density at radius 1 is 1.35 bits per heavy atom. The first-order valence-electron chi connectivity index (χ1n) is 7.48. The van der Waals surface area contributed by atoms with Gasteiger partial charge in [0.15, 0.2) is 0 Å². The molecule has 0 aliphatic rings. The molecule has 2 N–H and O–H groups in total. The Labute approximate surface area is 135 Å². The number of amides is 1. The summed E-state index contributed by atoms with van der Waals surface area (Å²) in [5.74, 6) is 0.962. The Kier molecular flexibility index (Phi) is 6.00. The highest BCUT2D eigenvalue weighted by atomic mass is 16.5. The summed E-state index contributed by atoms with van der Waals surface area (Å²) in [5.41, 5.74) is 0.858. The van der Waals surface area contributed by atoms with Crippen molar-refractivity contribution in [3.63, 3.8) is 0 Å². The van der Waals surface area contributed by atoms with Crippen molar-refractivity contribution in [2.75, 3.05) is 6.61 Å². The van der Waals surface area contributed by atoms with Crippen LogP contribution in [0.25, 0.3) is 6.08 Å². The number of ether oxygens (including phenoxy) is 1. The Hall–Kier alpha value is -2.53. The third-order valence-corrected chi connectivity index (χ3v) is 3.04.